The van der Waals surface area contributed by atoms with Crippen LogP contribution in [0.15, 0.2) is 48.5 Å². The summed E-state index contributed by atoms with van der Waals surface area (Å²) in [7, 11) is -2.00. The first-order valence-electron chi connectivity index (χ1n) is 12.1. The summed E-state index contributed by atoms with van der Waals surface area (Å²) in [6.07, 6.45) is 5.12. The topological polar surface area (TPSA) is 99.9 Å². The van der Waals surface area contributed by atoms with Gasteiger partial charge in [-0.05, 0) is 69.6 Å². The Morgan fingerprint density at radius 3 is 2.76 bits per heavy atom. The number of halogens is 1. The van der Waals surface area contributed by atoms with Crippen LogP contribution in [0.25, 0.3) is 6.08 Å². The molecule has 37 heavy (non-hydrogen) atoms. The first-order chi connectivity index (χ1) is 17.6. The monoisotopic (exact) mass is 545 g/mol. The minimum absolute atomic E-state index is 0.0188. The molecule has 0 N–H and O–H groups in total. The number of esters is 1. The summed E-state index contributed by atoms with van der Waals surface area (Å²) in [6, 6.07) is 14.2. The number of rotatable bonds is 10. The highest BCUT2D eigenvalue weighted by atomic mass is 35.5. The molecule has 0 amide bonds. The van der Waals surface area contributed by atoms with E-state index in [4.69, 9.17) is 26.3 Å². The highest BCUT2D eigenvalue weighted by molar-refractivity contribution is 7.93. The van der Waals surface area contributed by atoms with Crippen LogP contribution in [-0.2, 0) is 19.6 Å². The van der Waals surface area contributed by atoms with Gasteiger partial charge in [0.25, 0.3) is 0 Å². The van der Waals surface area contributed by atoms with Crippen molar-refractivity contribution in [3.8, 4) is 11.8 Å². The predicted octanol–water partition coefficient (Wildman–Crippen LogP) is 4.49. The number of nitriles is 1. The summed E-state index contributed by atoms with van der Waals surface area (Å²) in [6.45, 7) is 4.71. The fourth-order valence-corrected chi connectivity index (χ4v) is 5.58. The second-order valence-electron chi connectivity index (χ2n) is 8.94. The molecule has 3 rings (SSSR count). The van der Waals surface area contributed by atoms with Crippen LogP contribution < -0.4 is 9.04 Å². The molecule has 198 valence electrons. The van der Waals surface area contributed by atoms with Crippen molar-refractivity contribution < 1.29 is 22.7 Å². The van der Waals surface area contributed by atoms with Gasteiger partial charge in [0.15, 0.2) is 5.75 Å². The standard InChI is InChI=1S/C27H32ClN3O5S/c1-4-35-27(32)19-37(33,34)31(13-6-9-21-7-5-8-22(16-21)18-29)23-10-11-26(25(28)17-23)36-24-12-14-30(3)20(2)15-24/h5-11,16-17,20,24H,4,12-15,19H2,1-3H3/b9-6+. The van der Waals surface area contributed by atoms with Gasteiger partial charge in [0, 0.05) is 12.6 Å². The molecule has 2 atom stereocenters. The van der Waals surface area contributed by atoms with E-state index in [1.54, 1.807) is 49.4 Å². The summed E-state index contributed by atoms with van der Waals surface area (Å²) in [5.74, 6) is -1.15. The van der Waals surface area contributed by atoms with Gasteiger partial charge in [-0.25, -0.2) is 8.42 Å². The van der Waals surface area contributed by atoms with Gasteiger partial charge in [-0.15, -0.1) is 0 Å². The lowest BCUT2D eigenvalue weighted by molar-refractivity contribution is -0.139. The third-order valence-corrected chi connectivity index (χ3v) is 8.12. The SMILES string of the molecule is CCOC(=O)CS(=O)(=O)N(C/C=C/c1cccc(C#N)c1)c1ccc(OC2CCN(C)C(C)C2)c(Cl)c1. The van der Waals surface area contributed by atoms with E-state index in [0.29, 0.717) is 23.0 Å². The van der Waals surface area contributed by atoms with Gasteiger partial charge in [-0.3, -0.25) is 9.10 Å². The van der Waals surface area contributed by atoms with Gasteiger partial charge in [0.1, 0.15) is 11.9 Å². The molecule has 2 unspecified atom stereocenters. The molecular weight excluding hydrogens is 514 g/mol. The van der Waals surface area contributed by atoms with Crippen molar-refractivity contribution in [1.82, 2.24) is 4.90 Å². The number of sulfonamides is 1. The molecule has 0 spiro atoms. The van der Waals surface area contributed by atoms with E-state index in [1.807, 2.05) is 6.07 Å². The molecule has 1 aliphatic heterocycles. The Morgan fingerprint density at radius 2 is 2.08 bits per heavy atom. The fraction of sp³-hybridized carbons (Fsp3) is 0.407. The van der Waals surface area contributed by atoms with Crippen molar-refractivity contribution in [2.75, 3.05) is 36.8 Å². The highest BCUT2D eigenvalue weighted by Gasteiger charge is 2.28. The summed E-state index contributed by atoms with van der Waals surface area (Å²) < 4.78 is 38.5. The molecule has 0 aromatic heterocycles. The van der Waals surface area contributed by atoms with Crippen molar-refractivity contribution in [2.24, 2.45) is 0 Å². The van der Waals surface area contributed by atoms with E-state index in [0.717, 1.165) is 29.3 Å². The summed E-state index contributed by atoms with van der Waals surface area (Å²) in [5.41, 5.74) is 1.54. The average Bonchev–Trinajstić information content (AvgIpc) is 2.85. The number of piperidine rings is 1. The molecule has 1 aliphatic rings. The molecule has 0 saturated carbocycles. The van der Waals surface area contributed by atoms with Crippen LogP contribution in [0, 0.1) is 11.3 Å². The molecule has 1 heterocycles. The van der Waals surface area contributed by atoms with Crippen molar-refractivity contribution in [1.29, 1.82) is 5.26 Å². The third kappa shape index (κ3) is 7.96. The lowest BCUT2D eigenvalue weighted by Crippen LogP contribution is -2.41. The van der Waals surface area contributed by atoms with Crippen molar-refractivity contribution in [3.63, 3.8) is 0 Å². The third-order valence-electron chi connectivity index (χ3n) is 6.20. The molecule has 0 radical (unpaired) electrons. The molecular formula is C27H32ClN3O5S. The Bertz CT molecular complexity index is 1280. The van der Waals surface area contributed by atoms with Crippen LogP contribution in [0.5, 0.6) is 5.75 Å². The quantitative estimate of drug-likeness (QED) is 0.406. The lowest BCUT2D eigenvalue weighted by atomic mass is 10.0. The molecule has 10 heteroatoms. The van der Waals surface area contributed by atoms with Crippen molar-refractivity contribution >= 4 is 39.4 Å². The molecule has 0 bridgehead atoms. The van der Waals surface area contributed by atoms with Crippen LogP contribution >= 0.6 is 11.6 Å². The van der Waals surface area contributed by atoms with Gasteiger partial charge in [0.2, 0.25) is 10.0 Å². The highest BCUT2D eigenvalue weighted by Crippen LogP contribution is 2.33. The van der Waals surface area contributed by atoms with E-state index in [2.05, 4.69) is 24.9 Å². The second-order valence-corrected chi connectivity index (χ2v) is 11.2. The maximum Gasteiger partial charge on any atom is 0.323 e. The van der Waals surface area contributed by atoms with Crippen LogP contribution in [-0.4, -0.2) is 63.9 Å². The molecule has 2 aromatic rings. The van der Waals surface area contributed by atoms with Gasteiger partial charge in [-0.2, -0.15) is 5.26 Å². The summed E-state index contributed by atoms with van der Waals surface area (Å²) >= 11 is 6.53. The second kappa shape index (κ2) is 13.0. The Kier molecular flexibility index (Phi) is 9.98. The van der Waals surface area contributed by atoms with Crippen LogP contribution in [0.4, 0.5) is 5.69 Å². The minimum atomic E-state index is -4.08. The van der Waals surface area contributed by atoms with E-state index in [1.165, 1.54) is 6.07 Å². The van der Waals surface area contributed by atoms with Gasteiger partial charge in [0.05, 0.1) is 35.5 Å². The number of likely N-dealkylation sites (tertiary alicyclic amines) is 1. The Hall–Kier alpha value is -3.06. The summed E-state index contributed by atoms with van der Waals surface area (Å²) in [5, 5.41) is 9.39. The van der Waals surface area contributed by atoms with Gasteiger partial charge in [-0.1, -0.05) is 35.9 Å². The number of benzene rings is 2. The maximum atomic E-state index is 13.2. The zero-order valence-electron chi connectivity index (χ0n) is 21.3. The number of ether oxygens (including phenoxy) is 2. The first-order valence-corrected chi connectivity index (χ1v) is 14.1. The molecule has 0 aliphatic carbocycles. The van der Waals surface area contributed by atoms with E-state index in [-0.39, 0.29) is 24.3 Å². The zero-order chi connectivity index (χ0) is 27.0. The normalized spacial score (nSPS) is 18.4. The van der Waals surface area contributed by atoms with Crippen LogP contribution in [0.1, 0.15) is 37.8 Å². The van der Waals surface area contributed by atoms with E-state index >= 15 is 0 Å². The number of hydrogen-bond donors (Lipinski definition) is 0. The first kappa shape index (κ1) is 28.5. The summed E-state index contributed by atoms with van der Waals surface area (Å²) in [4.78, 5) is 14.3. The number of anilines is 1. The largest absolute Gasteiger partial charge is 0.489 e. The van der Waals surface area contributed by atoms with Gasteiger partial charge < -0.3 is 14.4 Å². The van der Waals surface area contributed by atoms with E-state index < -0.39 is 21.7 Å². The van der Waals surface area contributed by atoms with Crippen molar-refractivity contribution in [2.45, 2.75) is 38.8 Å². The number of carbonyl (C=O) groups excluding carboxylic acids is 1. The van der Waals surface area contributed by atoms with Gasteiger partial charge >= 0.3 is 5.97 Å². The Morgan fingerprint density at radius 1 is 1.30 bits per heavy atom. The Balaban J connectivity index is 1.84. The predicted molar refractivity (Wildman–Crippen MR) is 145 cm³/mol. The Labute approximate surface area is 224 Å². The molecule has 1 fully saturated rings. The number of carbonyl (C=O) groups is 1. The number of nitrogens with zero attached hydrogens (tertiary/aromatic N) is 3. The fourth-order valence-electron chi connectivity index (χ4n) is 4.08. The average molecular weight is 546 g/mol. The minimum Gasteiger partial charge on any atom is -0.489 e. The zero-order valence-corrected chi connectivity index (χ0v) is 22.8. The van der Waals surface area contributed by atoms with E-state index in [9.17, 15) is 13.2 Å². The number of hydrogen-bond acceptors (Lipinski definition) is 7. The van der Waals surface area contributed by atoms with Crippen molar-refractivity contribution in [3.05, 3.63) is 64.7 Å². The van der Waals surface area contributed by atoms with Crippen LogP contribution in [0.3, 0.4) is 0 Å². The molecule has 1 saturated heterocycles. The lowest BCUT2D eigenvalue weighted by Gasteiger charge is -2.35. The van der Waals surface area contributed by atoms with Crippen LogP contribution in [0.2, 0.25) is 5.02 Å². The smallest absolute Gasteiger partial charge is 0.323 e. The molecule has 8 nitrogen and oxygen atoms in total. The maximum absolute atomic E-state index is 13.2. The molecule has 2 aromatic carbocycles.